The molecule has 0 rings (SSSR count). The second-order valence-electron chi connectivity index (χ2n) is 4.11. The molecule has 0 radical (unpaired) electrons. The summed E-state index contributed by atoms with van der Waals surface area (Å²) in [4.78, 5) is 11.5. The van der Waals surface area contributed by atoms with E-state index in [1.165, 1.54) is 5.57 Å². The van der Waals surface area contributed by atoms with Gasteiger partial charge in [-0.3, -0.25) is 4.79 Å². The highest BCUT2D eigenvalue weighted by Crippen LogP contribution is 2.07. The van der Waals surface area contributed by atoms with Crippen molar-refractivity contribution >= 4 is 5.78 Å². The molecule has 0 aliphatic rings. The molecule has 0 amide bonds. The van der Waals surface area contributed by atoms with E-state index in [0.29, 0.717) is 12.3 Å². The van der Waals surface area contributed by atoms with Gasteiger partial charge in [-0.25, -0.2) is 0 Å². The molecule has 13 heavy (non-hydrogen) atoms. The van der Waals surface area contributed by atoms with Crippen LogP contribution in [0.2, 0.25) is 0 Å². The van der Waals surface area contributed by atoms with Crippen LogP contribution in [0.1, 0.15) is 41.0 Å². The quantitative estimate of drug-likeness (QED) is 0.478. The first-order valence-electron chi connectivity index (χ1n) is 4.78. The summed E-state index contributed by atoms with van der Waals surface area (Å²) in [5.74, 6) is 0.704. The largest absolute Gasteiger partial charge is 0.295 e. The minimum absolute atomic E-state index is 0.257. The van der Waals surface area contributed by atoms with Gasteiger partial charge in [0, 0.05) is 6.42 Å². The molecule has 0 unspecified atom stereocenters. The predicted molar refractivity (Wildman–Crippen MR) is 57.7 cm³/mol. The van der Waals surface area contributed by atoms with E-state index in [0.717, 1.165) is 5.57 Å². The van der Waals surface area contributed by atoms with Crippen LogP contribution in [0.4, 0.5) is 0 Å². The number of ketones is 1. The first kappa shape index (κ1) is 12.2. The van der Waals surface area contributed by atoms with Gasteiger partial charge in [0.15, 0.2) is 5.78 Å². The van der Waals surface area contributed by atoms with Crippen molar-refractivity contribution in [2.45, 2.75) is 41.0 Å². The van der Waals surface area contributed by atoms with Crippen LogP contribution < -0.4 is 0 Å². The molecule has 0 aliphatic carbocycles. The Balaban J connectivity index is 4.25. The van der Waals surface area contributed by atoms with E-state index in [9.17, 15) is 4.79 Å². The molecular weight excluding hydrogens is 160 g/mol. The molecule has 0 N–H and O–H groups in total. The number of hydrogen-bond donors (Lipinski definition) is 0. The Kier molecular flexibility index (Phi) is 5.36. The molecule has 1 heteroatoms. The van der Waals surface area contributed by atoms with Crippen molar-refractivity contribution in [3.63, 3.8) is 0 Å². The minimum atomic E-state index is 0.257. The molecule has 0 saturated carbocycles. The van der Waals surface area contributed by atoms with Crippen molar-refractivity contribution in [1.82, 2.24) is 0 Å². The van der Waals surface area contributed by atoms with Gasteiger partial charge in [-0.05, 0) is 32.3 Å². The lowest BCUT2D eigenvalue weighted by Crippen LogP contribution is -2.03. The number of allylic oxidation sites excluding steroid dienone is 4. The zero-order chi connectivity index (χ0) is 10.4. The van der Waals surface area contributed by atoms with Gasteiger partial charge in [0.2, 0.25) is 0 Å². The number of carbonyl (C=O) groups is 1. The molecule has 0 aromatic carbocycles. The fourth-order valence-corrected chi connectivity index (χ4v) is 0.916. The molecule has 74 valence electrons. The molecule has 0 heterocycles. The van der Waals surface area contributed by atoms with Crippen molar-refractivity contribution in [1.29, 1.82) is 0 Å². The van der Waals surface area contributed by atoms with Gasteiger partial charge < -0.3 is 0 Å². The van der Waals surface area contributed by atoms with Crippen LogP contribution in [-0.2, 0) is 4.79 Å². The second kappa shape index (κ2) is 5.74. The lowest BCUT2D eigenvalue weighted by Gasteiger charge is -2.02. The van der Waals surface area contributed by atoms with Crippen molar-refractivity contribution in [2.24, 2.45) is 5.92 Å². The Morgan fingerprint density at radius 3 is 2.08 bits per heavy atom. The normalized spacial score (nSPS) is 11.7. The Morgan fingerprint density at radius 1 is 1.15 bits per heavy atom. The first-order valence-corrected chi connectivity index (χ1v) is 4.78. The number of Topliss-reactive ketones (excluding diaryl/α,β-unsaturated/α-hetero) is 1. The highest BCUT2D eigenvalue weighted by atomic mass is 16.1. The maximum Gasteiger partial charge on any atom is 0.158 e. The van der Waals surface area contributed by atoms with Crippen LogP contribution in [-0.4, -0.2) is 5.78 Å². The predicted octanol–water partition coefficient (Wildman–Crippen LogP) is 3.51. The van der Waals surface area contributed by atoms with Gasteiger partial charge >= 0.3 is 0 Å². The Labute approximate surface area is 81.5 Å². The topological polar surface area (TPSA) is 17.1 Å². The Bertz CT molecular complexity index is 228. The van der Waals surface area contributed by atoms with E-state index in [4.69, 9.17) is 0 Å². The van der Waals surface area contributed by atoms with Crippen molar-refractivity contribution in [3.05, 3.63) is 23.3 Å². The maximum atomic E-state index is 11.5. The third kappa shape index (κ3) is 6.32. The molecule has 0 aromatic rings. The molecule has 0 aliphatic heterocycles. The number of carbonyl (C=O) groups excluding carboxylic acids is 1. The highest BCUT2D eigenvalue weighted by Gasteiger charge is 2.05. The number of rotatable bonds is 4. The summed E-state index contributed by atoms with van der Waals surface area (Å²) in [6.07, 6.45) is 4.53. The molecule has 0 bridgehead atoms. The second-order valence-corrected chi connectivity index (χ2v) is 4.11. The summed E-state index contributed by atoms with van der Waals surface area (Å²) < 4.78 is 0. The first-order chi connectivity index (χ1) is 5.93. The van der Waals surface area contributed by atoms with E-state index in [1.807, 2.05) is 32.9 Å². The lowest BCUT2D eigenvalue weighted by atomic mass is 10.0. The number of hydrogen-bond acceptors (Lipinski definition) is 1. The summed E-state index contributed by atoms with van der Waals surface area (Å²) in [7, 11) is 0. The maximum absolute atomic E-state index is 11.5. The molecular formula is C12H20O. The fourth-order valence-electron chi connectivity index (χ4n) is 0.916. The standard InChI is InChI=1S/C12H20O/c1-9(2)6-7-11(5)12(13)8-10(3)4/h6-7,10H,8H2,1-5H3/b11-7+. The van der Waals surface area contributed by atoms with Gasteiger partial charge in [-0.15, -0.1) is 0 Å². The summed E-state index contributed by atoms with van der Waals surface area (Å²) in [6, 6.07) is 0. The molecule has 0 fully saturated rings. The molecule has 0 spiro atoms. The van der Waals surface area contributed by atoms with Gasteiger partial charge in [0.1, 0.15) is 0 Å². The van der Waals surface area contributed by atoms with E-state index < -0.39 is 0 Å². The molecule has 0 aromatic heterocycles. The third-order valence-electron chi connectivity index (χ3n) is 1.70. The van der Waals surface area contributed by atoms with Crippen LogP contribution in [0.5, 0.6) is 0 Å². The highest BCUT2D eigenvalue weighted by molar-refractivity contribution is 5.95. The summed E-state index contributed by atoms with van der Waals surface area (Å²) in [5.41, 5.74) is 2.08. The zero-order valence-corrected chi connectivity index (χ0v) is 9.35. The summed E-state index contributed by atoms with van der Waals surface area (Å²) in [6.45, 7) is 10.1. The van der Waals surface area contributed by atoms with Crippen LogP contribution in [0.15, 0.2) is 23.3 Å². The van der Waals surface area contributed by atoms with Crippen molar-refractivity contribution in [3.8, 4) is 0 Å². The third-order valence-corrected chi connectivity index (χ3v) is 1.70. The van der Waals surface area contributed by atoms with Crippen LogP contribution in [0.25, 0.3) is 0 Å². The van der Waals surface area contributed by atoms with E-state index in [1.54, 1.807) is 0 Å². The van der Waals surface area contributed by atoms with Gasteiger partial charge in [0.05, 0.1) is 0 Å². The molecule has 1 nitrogen and oxygen atoms in total. The Morgan fingerprint density at radius 2 is 1.69 bits per heavy atom. The molecule has 0 saturated heterocycles. The van der Waals surface area contributed by atoms with E-state index in [-0.39, 0.29) is 5.78 Å². The van der Waals surface area contributed by atoms with Gasteiger partial charge in [-0.1, -0.05) is 31.6 Å². The van der Waals surface area contributed by atoms with E-state index >= 15 is 0 Å². The van der Waals surface area contributed by atoms with Crippen LogP contribution >= 0.6 is 0 Å². The summed E-state index contributed by atoms with van der Waals surface area (Å²) in [5, 5.41) is 0. The smallest absolute Gasteiger partial charge is 0.158 e. The van der Waals surface area contributed by atoms with Crippen LogP contribution in [0.3, 0.4) is 0 Å². The SMILES string of the molecule is CC(C)=C/C=C(\C)C(=O)CC(C)C. The zero-order valence-electron chi connectivity index (χ0n) is 9.35. The van der Waals surface area contributed by atoms with Crippen molar-refractivity contribution in [2.75, 3.05) is 0 Å². The average molecular weight is 180 g/mol. The molecule has 0 atom stereocenters. The van der Waals surface area contributed by atoms with E-state index in [2.05, 4.69) is 13.8 Å². The van der Waals surface area contributed by atoms with Crippen LogP contribution in [0, 0.1) is 5.92 Å². The average Bonchev–Trinajstić information content (AvgIpc) is 1.98. The minimum Gasteiger partial charge on any atom is -0.295 e. The fraction of sp³-hybridized carbons (Fsp3) is 0.583. The Hall–Kier alpha value is -0.850. The lowest BCUT2D eigenvalue weighted by molar-refractivity contribution is -0.116. The van der Waals surface area contributed by atoms with Gasteiger partial charge in [-0.2, -0.15) is 0 Å². The van der Waals surface area contributed by atoms with Crippen molar-refractivity contribution < 1.29 is 4.79 Å². The monoisotopic (exact) mass is 180 g/mol. The summed E-state index contributed by atoms with van der Waals surface area (Å²) >= 11 is 0. The van der Waals surface area contributed by atoms with Gasteiger partial charge in [0.25, 0.3) is 0 Å².